The van der Waals surface area contributed by atoms with Gasteiger partial charge in [-0.25, -0.2) is 4.68 Å². The van der Waals surface area contributed by atoms with Crippen LogP contribution in [0.1, 0.15) is 41.8 Å². The number of nitrogens with one attached hydrogen (secondary N) is 1. The molecule has 0 fully saturated rings. The van der Waals surface area contributed by atoms with Gasteiger partial charge in [-0.05, 0) is 53.7 Å². The van der Waals surface area contributed by atoms with E-state index in [2.05, 4.69) is 64.9 Å². The summed E-state index contributed by atoms with van der Waals surface area (Å²) in [6.07, 6.45) is 2.02. The summed E-state index contributed by atoms with van der Waals surface area (Å²) in [6, 6.07) is 7.05. The lowest BCUT2D eigenvalue weighted by molar-refractivity contribution is 0.476. The second kappa shape index (κ2) is 5.24. The predicted molar refractivity (Wildman–Crippen MR) is 86.5 cm³/mol. The van der Waals surface area contributed by atoms with E-state index in [-0.39, 0.29) is 0 Å². The van der Waals surface area contributed by atoms with E-state index in [9.17, 15) is 0 Å². The molecule has 0 amide bonds. The van der Waals surface area contributed by atoms with Crippen molar-refractivity contribution >= 4 is 21.7 Å². The highest BCUT2D eigenvalue weighted by molar-refractivity contribution is 9.10. The number of aryl methyl sites for hydroxylation is 3. The zero-order valence-corrected chi connectivity index (χ0v) is 13.8. The Balaban J connectivity index is 2.09. The molecular formula is C16H20BrN3. The van der Waals surface area contributed by atoms with Gasteiger partial charge in [-0.15, -0.1) is 0 Å². The fraction of sp³-hybridized carbons (Fsp3) is 0.438. The molecule has 1 N–H and O–H groups in total. The second-order valence-electron chi connectivity index (χ2n) is 5.50. The van der Waals surface area contributed by atoms with Crippen molar-refractivity contribution in [3.8, 4) is 0 Å². The molecule has 1 unspecified atom stereocenters. The summed E-state index contributed by atoms with van der Waals surface area (Å²) >= 11 is 3.68. The van der Waals surface area contributed by atoms with Gasteiger partial charge >= 0.3 is 0 Å². The first kappa shape index (κ1) is 13.7. The van der Waals surface area contributed by atoms with Crippen molar-refractivity contribution in [3.05, 3.63) is 45.1 Å². The first-order valence-electron chi connectivity index (χ1n) is 7.19. The zero-order valence-electron chi connectivity index (χ0n) is 12.2. The molecule has 0 saturated heterocycles. The lowest BCUT2D eigenvalue weighted by atomic mass is 9.96. The minimum absolute atomic E-state index is 0.337. The molecule has 106 valence electrons. The number of benzene rings is 1. The Labute approximate surface area is 128 Å². The van der Waals surface area contributed by atoms with E-state index in [1.54, 1.807) is 0 Å². The molecule has 2 heterocycles. The Morgan fingerprint density at radius 1 is 1.40 bits per heavy atom. The fourth-order valence-corrected chi connectivity index (χ4v) is 3.69. The van der Waals surface area contributed by atoms with E-state index < -0.39 is 0 Å². The monoisotopic (exact) mass is 333 g/mol. The maximum absolute atomic E-state index is 4.80. The first-order valence-corrected chi connectivity index (χ1v) is 7.99. The van der Waals surface area contributed by atoms with Crippen LogP contribution in [-0.2, 0) is 6.42 Å². The highest BCUT2D eigenvalue weighted by Gasteiger charge is 2.26. The van der Waals surface area contributed by atoms with Gasteiger partial charge in [0, 0.05) is 6.54 Å². The first-order chi connectivity index (χ1) is 9.61. The molecule has 0 bridgehead atoms. The van der Waals surface area contributed by atoms with Gasteiger partial charge in [0.05, 0.1) is 16.2 Å². The van der Waals surface area contributed by atoms with Crippen molar-refractivity contribution in [1.29, 1.82) is 0 Å². The van der Waals surface area contributed by atoms with Crippen molar-refractivity contribution in [2.45, 2.75) is 39.7 Å². The van der Waals surface area contributed by atoms with Crippen LogP contribution < -0.4 is 5.32 Å². The maximum atomic E-state index is 4.80. The maximum Gasteiger partial charge on any atom is 0.139 e. The summed E-state index contributed by atoms with van der Waals surface area (Å²) in [5.74, 6) is 1.12. The van der Waals surface area contributed by atoms with Crippen LogP contribution >= 0.6 is 15.9 Å². The largest absolute Gasteiger partial charge is 0.369 e. The second-order valence-corrected chi connectivity index (χ2v) is 6.29. The lowest BCUT2D eigenvalue weighted by Crippen LogP contribution is -2.25. The molecule has 3 rings (SSSR count). The molecule has 1 atom stereocenters. The molecule has 0 spiro atoms. The Kier molecular flexibility index (Phi) is 3.59. The smallest absolute Gasteiger partial charge is 0.139 e. The van der Waals surface area contributed by atoms with E-state index >= 15 is 0 Å². The third kappa shape index (κ3) is 2.16. The summed E-state index contributed by atoms with van der Waals surface area (Å²) in [5, 5.41) is 8.27. The van der Waals surface area contributed by atoms with Crippen LogP contribution in [0, 0.1) is 13.8 Å². The van der Waals surface area contributed by atoms with Crippen LogP contribution in [0.4, 0.5) is 5.82 Å². The number of hydrogen-bond acceptors (Lipinski definition) is 2. The van der Waals surface area contributed by atoms with E-state index in [1.807, 2.05) is 0 Å². The summed E-state index contributed by atoms with van der Waals surface area (Å²) in [6.45, 7) is 7.48. The van der Waals surface area contributed by atoms with E-state index in [0.717, 1.165) is 35.4 Å². The molecule has 1 aliphatic rings. The Morgan fingerprint density at radius 2 is 2.20 bits per heavy atom. The third-order valence-corrected chi connectivity index (χ3v) is 4.88. The number of hydrogen-bond donors (Lipinski definition) is 1. The van der Waals surface area contributed by atoms with Crippen molar-refractivity contribution < 1.29 is 0 Å². The van der Waals surface area contributed by atoms with Crippen molar-refractivity contribution in [3.63, 3.8) is 0 Å². The van der Waals surface area contributed by atoms with Crippen LogP contribution in [-0.4, -0.2) is 16.3 Å². The predicted octanol–water partition coefficient (Wildman–Crippen LogP) is 4.23. The van der Waals surface area contributed by atoms with Gasteiger partial charge in [-0.2, -0.15) is 5.10 Å². The van der Waals surface area contributed by atoms with Gasteiger partial charge in [0.2, 0.25) is 0 Å². The van der Waals surface area contributed by atoms with Gasteiger partial charge in [-0.1, -0.05) is 30.7 Å². The number of fused-ring (bicyclic) bond motifs is 1. The molecule has 4 heteroatoms. The summed E-state index contributed by atoms with van der Waals surface area (Å²) in [7, 11) is 0. The van der Waals surface area contributed by atoms with E-state index in [1.165, 1.54) is 16.7 Å². The molecule has 2 aromatic rings. The molecule has 20 heavy (non-hydrogen) atoms. The summed E-state index contributed by atoms with van der Waals surface area (Å²) in [4.78, 5) is 0. The molecule has 3 nitrogen and oxygen atoms in total. The topological polar surface area (TPSA) is 29.9 Å². The van der Waals surface area contributed by atoms with Gasteiger partial charge in [0.15, 0.2) is 0 Å². The average molecular weight is 334 g/mol. The van der Waals surface area contributed by atoms with Crippen LogP contribution in [0.25, 0.3) is 0 Å². The Bertz CT molecular complexity index is 645. The summed E-state index contributed by atoms with van der Waals surface area (Å²) in [5.41, 5.74) is 5.18. The van der Waals surface area contributed by atoms with Crippen LogP contribution in [0.2, 0.25) is 0 Å². The molecule has 1 aromatic heterocycles. The van der Waals surface area contributed by atoms with E-state index in [0.29, 0.717) is 6.04 Å². The van der Waals surface area contributed by atoms with E-state index in [4.69, 9.17) is 5.10 Å². The Hall–Kier alpha value is -1.29. The van der Waals surface area contributed by atoms with Crippen molar-refractivity contribution in [2.75, 3.05) is 11.9 Å². The minimum Gasteiger partial charge on any atom is -0.369 e. The zero-order chi connectivity index (χ0) is 14.3. The van der Waals surface area contributed by atoms with Crippen molar-refractivity contribution in [1.82, 2.24) is 9.78 Å². The normalized spacial score (nSPS) is 17.7. The molecule has 1 aliphatic heterocycles. The SMILES string of the molecule is CCc1nn2c(c1Br)NCCC2c1ccc(C)cc1C. The Morgan fingerprint density at radius 3 is 2.90 bits per heavy atom. The molecule has 0 aliphatic carbocycles. The van der Waals surface area contributed by atoms with Gasteiger partial charge < -0.3 is 5.32 Å². The minimum atomic E-state index is 0.337. The van der Waals surface area contributed by atoms with Gasteiger partial charge in [0.1, 0.15) is 5.82 Å². The highest BCUT2D eigenvalue weighted by atomic mass is 79.9. The lowest BCUT2D eigenvalue weighted by Gasteiger charge is -2.27. The number of rotatable bonds is 2. The molecule has 0 saturated carbocycles. The highest BCUT2D eigenvalue weighted by Crippen LogP contribution is 2.37. The number of aromatic nitrogens is 2. The number of halogens is 1. The number of nitrogens with zero attached hydrogens (tertiary/aromatic N) is 2. The molecular weight excluding hydrogens is 314 g/mol. The quantitative estimate of drug-likeness (QED) is 0.891. The third-order valence-electron chi connectivity index (χ3n) is 4.04. The van der Waals surface area contributed by atoms with Gasteiger partial charge in [0.25, 0.3) is 0 Å². The molecule has 1 aromatic carbocycles. The average Bonchev–Trinajstić information content (AvgIpc) is 2.76. The molecule has 0 radical (unpaired) electrons. The van der Waals surface area contributed by atoms with Crippen molar-refractivity contribution in [2.24, 2.45) is 0 Å². The summed E-state index contributed by atoms with van der Waals surface area (Å²) < 4.78 is 3.28. The van der Waals surface area contributed by atoms with Crippen LogP contribution in [0.5, 0.6) is 0 Å². The van der Waals surface area contributed by atoms with Crippen LogP contribution in [0.3, 0.4) is 0 Å². The number of anilines is 1. The standard InChI is InChI=1S/C16H20BrN3/c1-4-13-15(17)16-18-8-7-14(20(16)19-13)12-6-5-10(2)9-11(12)3/h5-6,9,14,18H,4,7-8H2,1-3H3. The van der Waals surface area contributed by atoms with Crippen LogP contribution in [0.15, 0.2) is 22.7 Å². The fourth-order valence-electron chi connectivity index (χ4n) is 3.01. The van der Waals surface area contributed by atoms with Gasteiger partial charge in [-0.3, -0.25) is 0 Å².